The van der Waals surface area contributed by atoms with Gasteiger partial charge in [-0.25, -0.2) is 4.98 Å². The molecule has 2 aromatic carbocycles. The molecule has 0 spiro atoms. The van der Waals surface area contributed by atoms with E-state index >= 15 is 0 Å². The van der Waals surface area contributed by atoms with Crippen LogP contribution in [0.1, 0.15) is 44.1 Å². The molecule has 1 aliphatic rings. The van der Waals surface area contributed by atoms with E-state index < -0.39 is 0 Å². The molecule has 0 unspecified atom stereocenters. The topological polar surface area (TPSA) is 40.7 Å². The summed E-state index contributed by atoms with van der Waals surface area (Å²) >= 11 is 0. The Kier molecular flexibility index (Phi) is 6.11. The van der Waals surface area contributed by atoms with Crippen LogP contribution in [0.2, 0.25) is 0 Å². The van der Waals surface area contributed by atoms with Crippen molar-refractivity contribution in [1.82, 2.24) is 15.3 Å². The first-order chi connectivity index (χ1) is 11.9. The van der Waals surface area contributed by atoms with Crippen molar-refractivity contribution in [2.75, 3.05) is 0 Å². The molecule has 25 heavy (non-hydrogen) atoms. The molecule has 0 bridgehead atoms. The predicted molar refractivity (Wildman–Crippen MR) is 107 cm³/mol. The molecule has 1 aromatic heterocycles. The molecule has 4 rings (SSSR count). The second kappa shape index (κ2) is 8.50. The third-order valence-corrected chi connectivity index (χ3v) is 5.13. The SMILES string of the molecule is Cl.c1cc(CNC2CCCCCC2)cc(-c2ccc3nc[nH]c3c2)c1. The molecule has 0 amide bonds. The number of benzene rings is 2. The summed E-state index contributed by atoms with van der Waals surface area (Å²) in [6, 6.07) is 16.0. The van der Waals surface area contributed by atoms with Gasteiger partial charge in [-0.15, -0.1) is 12.4 Å². The molecule has 0 radical (unpaired) electrons. The summed E-state index contributed by atoms with van der Waals surface area (Å²) in [6.07, 6.45) is 9.98. The van der Waals surface area contributed by atoms with Gasteiger partial charge in [-0.1, -0.05) is 49.9 Å². The number of rotatable bonds is 4. The van der Waals surface area contributed by atoms with Crippen LogP contribution in [0.3, 0.4) is 0 Å². The molecule has 3 nitrogen and oxygen atoms in total. The summed E-state index contributed by atoms with van der Waals surface area (Å²) in [5.41, 5.74) is 5.98. The maximum Gasteiger partial charge on any atom is 0.0931 e. The van der Waals surface area contributed by atoms with E-state index in [1.807, 2.05) is 0 Å². The molecule has 2 N–H and O–H groups in total. The summed E-state index contributed by atoms with van der Waals surface area (Å²) in [7, 11) is 0. The van der Waals surface area contributed by atoms with E-state index in [1.54, 1.807) is 6.33 Å². The van der Waals surface area contributed by atoms with E-state index in [1.165, 1.54) is 55.2 Å². The lowest BCUT2D eigenvalue weighted by Gasteiger charge is -2.16. The van der Waals surface area contributed by atoms with Crippen molar-refractivity contribution in [1.29, 1.82) is 0 Å². The number of nitrogens with zero attached hydrogens (tertiary/aromatic N) is 1. The van der Waals surface area contributed by atoms with Crippen LogP contribution in [0.25, 0.3) is 22.2 Å². The molecular weight excluding hydrogens is 330 g/mol. The number of hydrogen-bond acceptors (Lipinski definition) is 2. The van der Waals surface area contributed by atoms with Gasteiger partial charge in [0.25, 0.3) is 0 Å². The Balaban J connectivity index is 0.00000182. The number of aromatic amines is 1. The maximum atomic E-state index is 4.29. The molecule has 1 aliphatic carbocycles. The van der Waals surface area contributed by atoms with Gasteiger partial charge < -0.3 is 10.3 Å². The number of fused-ring (bicyclic) bond motifs is 1. The van der Waals surface area contributed by atoms with Gasteiger partial charge in [0.05, 0.1) is 17.4 Å². The van der Waals surface area contributed by atoms with E-state index in [2.05, 4.69) is 57.7 Å². The summed E-state index contributed by atoms with van der Waals surface area (Å²) in [6.45, 7) is 0.963. The number of aromatic nitrogens is 2. The van der Waals surface area contributed by atoms with Gasteiger partial charge in [-0.05, 0) is 47.7 Å². The zero-order valence-electron chi connectivity index (χ0n) is 14.5. The first-order valence-electron chi connectivity index (χ1n) is 9.14. The Morgan fingerprint density at radius 2 is 1.76 bits per heavy atom. The van der Waals surface area contributed by atoms with Crippen molar-refractivity contribution in [3.63, 3.8) is 0 Å². The van der Waals surface area contributed by atoms with Crippen LogP contribution < -0.4 is 5.32 Å². The Morgan fingerprint density at radius 3 is 2.60 bits per heavy atom. The second-order valence-corrected chi connectivity index (χ2v) is 6.90. The minimum atomic E-state index is 0. The molecule has 0 saturated heterocycles. The fraction of sp³-hybridized carbons (Fsp3) is 0.381. The maximum absolute atomic E-state index is 4.29. The summed E-state index contributed by atoms with van der Waals surface area (Å²) in [5, 5.41) is 3.77. The van der Waals surface area contributed by atoms with Crippen molar-refractivity contribution < 1.29 is 0 Å². The zero-order chi connectivity index (χ0) is 16.2. The Labute approximate surface area is 155 Å². The number of nitrogens with one attached hydrogen (secondary N) is 2. The fourth-order valence-electron chi connectivity index (χ4n) is 3.72. The van der Waals surface area contributed by atoms with Crippen LogP contribution in [0.4, 0.5) is 0 Å². The standard InChI is InChI=1S/C21H25N3.ClH/c1-2-4-9-19(8-3-1)22-14-16-6-5-7-17(12-16)18-10-11-20-21(13-18)24-15-23-20;/h5-7,10-13,15,19,22H,1-4,8-9,14H2,(H,23,24);1H. The minimum absolute atomic E-state index is 0. The van der Waals surface area contributed by atoms with Crippen LogP contribution >= 0.6 is 12.4 Å². The first kappa shape index (κ1) is 18.0. The Morgan fingerprint density at radius 1 is 0.960 bits per heavy atom. The highest BCUT2D eigenvalue weighted by Gasteiger charge is 2.11. The molecule has 3 aromatic rings. The highest BCUT2D eigenvalue weighted by Crippen LogP contribution is 2.24. The molecule has 1 fully saturated rings. The van der Waals surface area contributed by atoms with Gasteiger partial charge >= 0.3 is 0 Å². The van der Waals surface area contributed by atoms with E-state index in [9.17, 15) is 0 Å². The van der Waals surface area contributed by atoms with Crippen LogP contribution in [0.5, 0.6) is 0 Å². The van der Waals surface area contributed by atoms with E-state index in [-0.39, 0.29) is 12.4 Å². The predicted octanol–water partition coefficient (Wildman–Crippen LogP) is 5.46. The molecule has 132 valence electrons. The molecule has 0 atom stereocenters. The van der Waals surface area contributed by atoms with Gasteiger partial charge in [-0.3, -0.25) is 0 Å². The third kappa shape index (κ3) is 4.42. The quantitative estimate of drug-likeness (QED) is 0.610. The Hall–Kier alpha value is -1.84. The van der Waals surface area contributed by atoms with Gasteiger partial charge in [0.15, 0.2) is 0 Å². The van der Waals surface area contributed by atoms with E-state index in [0.29, 0.717) is 6.04 Å². The first-order valence-corrected chi connectivity index (χ1v) is 9.14. The third-order valence-electron chi connectivity index (χ3n) is 5.13. The molecule has 1 saturated carbocycles. The number of hydrogen-bond donors (Lipinski definition) is 2. The normalized spacial score (nSPS) is 15.7. The highest BCUT2D eigenvalue weighted by atomic mass is 35.5. The second-order valence-electron chi connectivity index (χ2n) is 6.90. The van der Waals surface area contributed by atoms with Crippen LogP contribution in [-0.4, -0.2) is 16.0 Å². The zero-order valence-corrected chi connectivity index (χ0v) is 15.3. The van der Waals surface area contributed by atoms with Crippen LogP contribution in [-0.2, 0) is 6.54 Å². The molecule has 4 heteroatoms. The highest BCUT2D eigenvalue weighted by molar-refractivity contribution is 5.85. The van der Waals surface area contributed by atoms with Crippen LogP contribution in [0.15, 0.2) is 48.8 Å². The lowest BCUT2D eigenvalue weighted by atomic mass is 10.0. The summed E-state index contributed by atoms with van der Waals surface area (Å²) in [5.74, 6) is 0. The summed E-state index contributed by atoms with van der Waals surface area (Å²) in [4.78, 5) is 7.49. The number of halogens is 1. The lowest BCUT2D eigenvalue weighted by molar-refractivity contribution is 0.459. The van der Waals surface area contributed by atoms with Gasteiger partial charge in [0, 0.05) is 12.6 Å². The monoisotopic (exact) mass is 355 g/mol. The molecule has 0 aliphatic heterocycles. The van der Waals surface area contributed by atoms with E-state index in [0.717, 1.165) is 17.6 Å². The smallest absolute Gasteiger partial charge is 0.0931 e. The van der Waals surface area contributed by atoms with Crippen molar-refractivity contribution in [3.05, 3.63) is 54.4 Å². The number of H-pyrrole nitrogens is 1. The number of imidazole rings is 1. The van der Waals surface area contributed by atoms with E-state index in [4.69, 9.17) is 0 Å². The van der Waals surface area contributed by atoms with Crippen molar-refractivity contribution >= 4 is 23.4 Å². The van der Waals surface area contributed by atoms with Gasteiger partial charge in [0.1, 0.15) is 0 Å². The van der Waals surface area contributed by atoms with Crippen molar-refractivity contribution in [3.8, 4) is 11.1 Å². The largest absolute Gasteiger partial charge is 0.345 e. The molecular formula is C21H26ClN3. The summed E-state index contributed by atoms with van der Waals surface area (Å²) < 4.78 is 0. The molecule has 1 heterocycles. The van der Waals surface area contributed by atoms with Gasteiger partial charge in [0.2, 0.25) is 0 Å². The van der Waals surface area contributed by atoms with Gasteiger partial charge in [-0.2, -0.15) is 0 Å². The minimum Gasteiger partial charge on any atom is -0.345 e. The fourth-order valence-corrected chi connectivity index (χ4v) is 3.72. The lowest BCUT2D eigenvalue weighted by Crippen LogP contribution is -2.27. The average molecular weight is 356 g/mol. The van der Waals surface area contributed by atoms with Crippen LogP contribution in [0, 0.1) is 0 Å². The van der Waals surface area contributed by atoms with Crippen molar-refractivity contribution in [2.24, 2.45) is 0 Å². The van der Waals surface area contributed by atoms with Crippen molar-refractivity contribution in [2.45, 2.75) is 51.1 Å². The average Bonchev–Trinajstić information content (AvgIpc) is 2.94. The Bertz CT molecular complexity index is 804.